The second-order valence-electron chi connectivity index (χ2n) is 2.76. The molecule has 1 heterocycles. The Balaban J connectivity index is 3.23. The monoisotopic (exact) mass is 187 g/mol. The first kappa shape index (κ1) is 9.67. The average molecular weight is 187 g/mol. The van der Waals surface area contributed by atoms with E-state index in [1.54, 1.807) is 6.20 Å². The predicted octanol–water partition coefficient (Wildman–Crippen LogP) is 1.91. The minimum absolute atomic E-state index is 1.04. The highest BCUT2D eigenvalue weighted by Gasteiger charge is 2.25. The molecule has 1 rings (SSSR count). The molecule has 0 spiro atoms. The Morgan fingerprint density at radius 1 is 1.08 bits per heavy atom. The zero-order valence-corrected chi connectivity index (χ0v) is 8.61. The van der Waals surface area contributed by atoms with Crippen molar-refractivity contribution in [3.05, 3.63) is 61.2 Å². The molecule has 0 aliphatic heterocycles. The Kier molecular flexibility index (Phi) is 2.98. The van der Waals surface area contributed by atoms with Crippen LogP contribution in [-0.4, -0.2) is 13.1 Å². The number of hydrogen-bond donors (Lipinski definition) is 0. The van der Waals surface area contributed by atoms with Gasteiger partial charge in [-0.3, -0.25) is 4.98 Å². The molecule has 13 heavy (non-hydrogen) atoms. The van der Waals surface area contributed by atoms with E-state index in [2.05, 4.69) is 24.7 Å². The molecule has 0 saturated heterocycles. The summed E-state index contributed by atoms with van der Waals surface area (Å²) in [5.41, 5.74) is 5.78. The third-order valence-electron chi connectivity index (χ3n) is 2.12. The van der Waals surface area contributed by atoms with Gasteiger partial charge in [0.05, 0.1) is 0 Å². The van der Waals surface area contributed by atoms with Gasteiger partial charge in [-0.1, -0.05) is 23.2 Å². The normalized spacial score (nSPS) is 10.5. The topological polar surface area (TPSA) is 12.9 Å². The van der Waals surface area contributed by atoms with Crippen LogP contribution in [0.15, 0.2) is 61.2 Å². The Labute approximate surface area is 80.2 Å². The van der Waals surface area contributed by atoms with E-state index in [1.807, 2.05) is 35.3 Å². The molecule has 66 valence electrons. The number of pyridine rings is 1. The molecule has 0 bridgehead atoms. The first-order chi connectivity index (χ1) is 6.29. The molecule has 0 radical (unpaired) electrons. The van der Waals surface area contributed by atoms with Gasteiger partial charge in [-0.15, -0.1) is 19.7 Å². The minimum atomic E-state index is -1.91. The molecule has 1 aromatic heterocycles. The van der Waals surface area contributed by atoms with Crippen molar-refractivity contribution in [2.75, 3.05) is 0 Å². The molecule has 0 saturated carbocycles. The lowest BCUT2D eigenvalue weighted by molar-refractivity contribution is 1.38. The lowest BCUT2D eigenvalue weighted by Gasteiger charge is -2.17. The van der Waals surface area contributed by atoms with Crippen molar-refractivity contribution in [3.63, 3.8) is 0 Å². The van der Waals surface area contributed by atoms with Gasteiger partial charge in [0.1, 0.15) is 0 Å². The summed E-state index contributed by atoms with van der Waals surface area (Å²) < 4.78 is 0. The molecule has 0 aliphatic rings. The van der Waals surface area contributed by atoms with Gasteiger partial charge in [-0.25, -0.2) is 0 Å². The second-order valence-corrected chi connectivity index (χ2v) is 6.36. The van der Waals surface area contributed by atoms with Crippen molar-refractivity contribution >= 4 is 13.4 Å². The molecule has 1 nitrogen and oxygen atoms in total. The number of rotatable bonds is 4. The number of nitrogens with zero attached hydrogens (tertiary/aromatic N) is 1. The lowest BCUT2D eigenvalue weighted by atomic mass is 10.5. The molecule has 0 N–H and O–H groups in total. The highest BCUT2D eigenvalue weighted by Crippen LogP contribution is 2.05. The third-order valence-corrected chi connectivity index (χ3v) is 5.33. The van der Waals surface area contributed by atoms with Gasteiger partial charge in [-0.2, -0.15) is 0 Å². The van der Waals surface area contributed by atoms with Crippen LogP contribution in [0.25, 0.3) is 0 Å². The van der Waals surface area contributed by atoms with E-state index >= 15 is 0 Å². The Morgan fingerprint density at radius 3 is 2.08 bits per heavy atom. The smallest absolute Gasteiger partial charge is 0.178 e. The van der Waals surface area contributed by atoms with E-state index in [9.17, 15) is 0 Å². The zero-order valence-electron chi connectivity index (χ0n) is 7.61. The fourth-order valence-corrected chi connectivity index (χ4v) is 2.99. The molecule has 0 fully saturated rings. The maximum atomic E-state index is 4.31. The SMILES string of the molecule is C=C[Si](C=C)(C=C)c1ccccn1. The summed E-state index contributed by atoms with van der Waals surface area (Å²) in [5.74, 6) is 0. The number of aromatic nitrogens is 1. The van der Waals surface area contributed by atoms with Gasteiger partial charge in [0.2, 0.25) is 0 Å². The van der Waals surface area contributed by atoms with Crippen LogP contribution in [0, 0.1) is 0 Å². The van der Waals surface area contributed by atoms with Gasteiger partial charge in [-0.05, 0) is 12.1 Å². The van der Waals surface area contributed by atoms with Crippen LogP contribution in [0.4, 0.5) is 0 Å². The second kappa shape index (κ2) is 4.01. The minimum Gasteiger partial charge on any atom is -0.265 e. The van der Waals surface area contributed by atoms with Crippen molar-refractivity contribution < 1.29 is 0 Å². The third kappa shape index (κ3) is 1.68. The highest BCUT2D eigenvalue weighted by atomic mass is 28.3. The van der Waals surface area contributed by atoms with Crippen LogP contribution in [0.2, 0.25) is 0 Å². The molecule has 2 heteroatoms. The predicted molar refractivity (Wildman–Crippen MR) is 60.2 cm³/mol. The average Bonchev–Trinajstić information content (AvgIpc) is 2.23. The van der Waals surface area contributed by atoms with Gasteiger partial charge < -0.3 is 0 Å². The van der Waals surface area contributed by atoms with Gasteiger partial charge >= 0.3 is 0 Å². The molecular weight excluding hydrogens is 174 g/mol. The first-order valence-corrected chi connectivity index (χ1v) is 6.34. The summed E-state index contributed by atoms with van der Waals surface area (Å²) >= 11 is 0. The van der Waals surface area contributed by atoms with Crippen molar-refractivity contribution in [1.29, 1.82) is 0 Å². The van der Waals surface area contributed by atoms with Crippen molar-refractivity contribution in [2.24, 2.45) is 0 Å². The maximum absolute atomic E-state index is 4.31. The van der Waals surface area contributed by atoms with Crippen molar-refractivity contribution in [3.8, 4) is 0 Å². The van der Waals surface area contributed by atoms with E-state index < -0.39 is 8.07 Å². The van der Waals surface area contributed by atoms with Gasteiger partial charge in [0.25, 0.3) is 0 Å². The van der Waals surface area contributed by atoms with E-state index in [0.29, 0.717) is 0 Å². The van der Waals surface area contributed by atoms with Gasteiger partial charge in [0.15, 0.2) is 8.07 Å². The highest BCUT2D eigenvalue weighted by molar-refractivity contribution is 7.02. The first-order valence-electron chi connectivity index (χ1n) is 4.11. The number of hydrogen-bond acceptors (Lipinski definition) is 1. The van der Waals surface area contributed by atoms with Crippen LogP contribution < -0.4 is 5.32 Å². The van der Waals surface area contributed by atoms with Crippen LogP contribution in [0.1, 0.15) is 0 Å². The van der Waals surface area contributed by atoms with Crippen molar-refractivity contribution in [1.82, 2.24) is 4.98 Å². The van der Waals surface area contributed by atoms with Crippen LogP contribution in [0.3, 0.4) is 0 Å². The molecule has 1 aromatic rings. The van der Waals surface area contributed by atoms with Crippen molar-refractivity contribution in [2.45, 2.75) is 0 Å². The molecular formula is C11H13NSi. The standard InChI is InChI=1S/C11H13NSi/c1-4-13(5-2,6-3)11-9-7-8-10-12-11/h4-10H,1-3H2. The lowest BCUT2D eigenvalue weighted by Crippen LogP contribution is -2.44. The van der Waals surface area contributed by atoms with Crippen LogP contribution >= 0.6 is 0 Å². The summed E-state index contributed by atoms with van der Waals surface area (Å²) in [6.07, 6.45) is 1.79. The Morgan fingerprint density at radius 2 is 1.69 bits per heavy atom. The Bertz CT molecular complexity index is 294. The summed E-state index contributed by atoms with van der Waals surface area (Å²) in [4.78, 5) is 4.31. The Hall–Kier alpha value is -1.41. The summed E-state index contributed by atoms with van der Waals surface area (Å²) in [6.45, 7) is 11.5. The fourth-order valence-electron chi connectivity index (χ4n) is 1.18. The van der Waals surface area contributed by atoms with E-state index in [0.717, 1.165) is 5.32 Å². The van der Waals surface area contributed by atoms with E-state index in [1.165, 1.54) is 0 Å². The van der Waals surface area contributed by atoms with E-state index in [-0.39, 0.29) is 0 Å². The largest absolute Gasteiger partial charge is 0.265 e. The molecule has 0 aliphatic carbocycles. The zero-order chi connectivity index (χ0) is 9.73. The summed E-state index contributed by atoms with van der Waals surface area (Å²) in [6, 6.07) is 5.87. The van der Waals surface area contributed by atoms with Crippen LogP contribution in [-0.2, 0) is 0 Å². The van der Waals surface area contributed by atoms with Crippen LogP contribution in [0.5, 0.6) is 0 Å². The quantitative estimate of drug-likeness (QED) is 0.656. The summed E-state index contributed by atoms with van der Waals surface area (Å²) in [5, 5.41) is 1.04. The maximum Gasteiger partial charge on any atom is 0.178 e. The molecule has 0 unspecified atom stereocenters. The molecule has 0 atom stereocenters. The molecule has 0 aromatic carbocycles. The van der Waals surface area contributed by atoms with E-state index in [4.69, 9.17) is 0 Å². The van der Waals surface area contributed by atoms with Gasteiger partial charge in [0, 0.05) is 11.5 Å². The summed E-state index contributed by atoms with van der Waals surface area (Å²) in [7, 11) is -1.91. The fraction of sp³-hybridized carbons (Fsp3) is 0. The molecule has 0 amide bonds.